The van der Waals surface area contributed by atoms with E-state index >= 15 is 0 Å². The van der Waals surface area contributed by atoms with E-state index < -0.39 is 32.3 Å². The van der Waals surface area contributed by atoms with Crippen LogP contribution in [0.3, 0.4) is 0 Å². The van der Waals surface area contributed by atoms with Crippen LogP contribution in [0.15, 0.2) is 36.9 Å². The first-order chi connectivity index (χ1) is 21.0. The molecule has 1 fully saturated rings. The van der Waals surface area contributed by atoms with E-state index in [1.165, 1.54) is 26.7 Å². The molecule has 3 aromatic rings. The van der Waals surface area contributed by atoms with Crippen molar-refractivity contribution in [2.75, 3.05) is 20.3 Å². The number of fused-ring (bicyclic) bond motifs is 1. The molecule has 1 aliphatic heterocycles. The maximum absolute atomic E-state index is 14.1. The molecule has 0 saturated carbocycles. The molecule has 1 saturated heterocycles. The Balaban J connectivity index is 1.48. The van der Waals surface area contributed by atoms with Crippen molar-refractivity contribution in [2.24, 2.45) is 0 Å². The lowest BCUT2D eigenvalue weighted by molar-refractivity contribution is -0.149. The lowest BCUT2D eigenvalue weighted by Crippen LogP contribution is -2.36. The molecule has 2 aromatic heterocycles. The van der Waals surface area contributed by atoms with Gasteiger partial charge in [0.25, 0.3) is 0 Å². The molecule has 3 heterocycles. The Morgan fingerprint density at radius 2 is 1.84 bits per heavy atom. The number of hydrogen-bond acceptors (Lipinski definition) is 13. The minimum absolute atomic E-state index is 0.0825. The second-order valence-corrected chi connectivity index (χ2v) is 12.1. The van der Waals surface area contributed by atoms with E-state index in [-0.39, 0.29) is 50.0 Å². The molecule has 44 heavy (non-hydrogen) atoms. The predicted octanol–water partition coefficient (Wildman–Crippen LogP) is 3.72. The second-order valence-electron chi connectivity index (χ2n) is 10.4. The summed E-state index contributed by atoms with van der Waals surface area (Å²) in [5, 5.41) is 2.65. The van der Waals surface area contributed by atoms with Crippen LogP contribution in [-0.2, 0) is 44.0 Å². The lowest BCUT2D eigenvalue weighted by atomic mass is 10.1. The van der Waals surface area contributed by atoms with E-state index in [9.17, 15) is 14.2 Å². The number of nitrogens with zero attached hydrogens (tertiary/aromatic N) is 4. The summed E-state index contributed by atoms with van der Waals surface area (Å²) >= 11 is 0. The first-order valence-electron chi connectivity index (χ1n) is 14.2. The van der Waals surface area contributed by atoms with Gasteiger partial charge >= 0.3 is 19.7 Å². The average molecular weight is 636 g/mol. The number of para-hydroxylation sites is 1. The summed E-state index contributed by atoms with van der Waals surface area (Å²) in [6.45, 7) is 8.23. The third-order valence-electron chi connectivity index (χ3n) is 6.16. The molecule has 15 nitrogen and oxygen atoms in total. The number of aromatic nitrogens is 4. The molecule has 0 amide bonds. The van der Waals surface area contributed by atoms with Crippen molar-refractivity contribution in [3.63, 3.8) is 0 Å². The fourth-order valence-corrected chi connectivity index (χ4v) is 5.74. The first-order valence-corrected chi connectivity index (χ1v) is 15.7. The van der Waals surface area contributed by atoms with Crippen LogP contribution in [0.25, 0.3) is 11.2 Å². The summed E-state index contributed by atoms with van der Waals surface area (Å²) in [6.07, 6.45) is 1.03. The zero-order chi connectivity index (χ0) is 31.9. The van der Waals surface area contributed by atoms with Gasteiger partial charge in [-0.3, -0.25) is 18.7 Å². The molecule has 0 aliphatic carbocycles. The number of esters is 2. The summed E-state index contributed by atoms with van der Waals surface area (Å²) in [7, 11) is -2.77. The van der Waals surface area contributed by atoms with Crippen molar-refractivity contribution in [1.82, 2.24) is 24.6 Å². The Hall–Kier alpha value is -3.62. The predicted molar refractivity (Wildman–Crippen MR) is 156 cm³/mol. The smallest absolute Gasteiger partial charge is 0.459 e. The minimum atomic E-state index is -4.26. The van der Waals surface area contributed by atoms with Crippen LogP contribution in [0.2, 0.25) is 0 Å². The van der Waals surface area contributed by atoms with Crippen LogP contribution in [0, 0.1) is 0 Å². The van der Waals surface area contributed by atoms with Gasteiger partial charge in [0.1, 0.15) is 24.7 Å². The minimum Gasteiger partial charge on any atom is -0.479 e. The number of carbonyl (C=O) groups excluding carboxylic acids is 2. The zero-order valence-corrected chi connectivity index (χ0v) is 26.4. The molecule has 16 heteroatoms. The maximum Gasteiger partial charge on any atom is 0.459 e. The van der Waals surface area contributed by atoms with Crippen molar-refractivity contribution in [3.8, 4) is 11.6 Å². The summed E-state index contributed by atoms with van der Waals surface area (Å²) in [4.78, 5) is 37.3. The van der Waals surface area contributed by atoms with E-state index in [0.717, 1.165) is 0 Å². The van der Waals surface area contributed by atoms with Crippen molar-refractivity contribution >= 4 is 30.8 Å². The Labute approximate surface area is 255 Å². The first kappa shape index (κ1) is 33.3. The number of imidazole rings is 1. The highest BCUT2D eigenvalue weighted by Gasteiger charge is 2.37. The molecule has 1 N–H and O–H groups in total. The van der Waals surface area contributed by atoms with Gasteiger partial charge in [-0.25, -0.2) is 14.5 Å². The largest absolute Gasteiger partial charge is 0.479 e. The number of ether oxygens (including phenoxy) is 5. The van der Waals surface area contributed by atoms with Crippen molar-refractivity contribution < 1.29 is 46.9 Å². The van der Waals surface area contributed by atoms with Crippen molar-refractivity contribution in [1.29, 1.82) is 0 Å². The maximum atomic E-state index is 14.1. The molecule has 1 aromatic carbocycles. The second kappa shape index (κ2) is 14.9. The third-order valence-corrected chi connectivity index (χ3v) is 7.79. The van der Waals surface area contributed by atoms with E-state index in [1.54, 1.807) is 56.5 Å². The molecule has 0 bridgehead atoms. The molecule has 0 radical (unpaired) electrons. The number of methoxy groups -OCH3 is 1. The fourth-order valence-electron chi connectivity index (χ4n) is 4.23. The SMILES string of the molecule is COc1ncnc2c1ncn2[C@H]1CO[C@@H](COP(=O)(N[C@@H](C)C(=O)OC(C)C)Oc2ccccc2CCC(=O)OC(C)C)O1. The van der Waals surface area contributed by atoms with Gasteiger partial charge in [0.2, 0.25) is 5.88 Å². The van der Waals surface area contributed by atoms with E-state index in [0.29, 0.717) is 22.6 Å². The molecule has 1 aliphatic rings. The van der Waals surface area contributed by atoms with Gasteiger partial charge in [-0.15, -0.1) is 0 Å². The number of rotatable bonds is 15. The number of carbonyl (C=O) groups is 2. The van der Waals surface area contributed by atoms with Crippen LogP contribution in [-0.4, -0.2) is 76.3 Å². The Morgan fingerprint density at radius 1 is 1.09 bits per heavy atom. The number of benzene rings is 1. The van der Waals surface area contributed by atoms with Gasteiger partial charge < -0.3 is 28.2 Å². The van der Waals surface area contributed by atoms with Crippen LogP contribution >= 0.6 is 7.75 Å². The Morgan fingerprint density at radius 3 is 2.57 bits per heavy atom. The molecular formula is C28H38N5O10P. The average Bonchev–Trinajstić information content (AvgIpc) is 3.62. The standard InChI is InChI=1S/C28H38N5O10P/c1-17(2)40-23(34)12-11-20-9-7-8-10-21(20)43-44(36,32-19(5)28(35)41-18(3)4)39-14-24-38-13-22(42-24)33-16-31-25-26(33)29-15-30-27(25)37-6/h7-10,15-19,22,24H,11-14H2,1-6H3,(H,32,36)/t19-,22+,24+,44?/m0/s1. The van der Waals surface area contributed by atoms with E-state index in [1.807, 2.05) is 0 Å². The molecule has 4 atom stereocenters. The van der Waals surface area contributed by atoms with Crippen LogP contribution in [0.4, 0.5) is 0 Å². The van der Waals surface area contributed by atoms with Crippen molar-refractivity contribution in [2.45, 2.75) is 78.2 Å². The molecule has 240 valence electrons. The normalized spacial score (nSPS) is 18.7. The van der Waals surface area contributed by atoms with Gasteiger partial charge in [0, 0.05) is 6.42 Å². The van der Waals surface area contributed by atoms with Crippen LogP contribution in [0.1, 0.15) is 52.8 Å². The molecule has 4 rings (SSSR count). The number of aryl methyl sites for hydroxylation is 1. The molecule has 0 spiro atoms. The summed E-state index contributed by atoms with van der Waals surface area (Å²) in [5.41, 5.74) is 1.53. The highest BCUT2D eigenvalue weighted by atomic mass is 31.2. The van der Waals surface area contributed by atoms with E-state index in [4.69, 9.17) is 32.7 Å². The van der Waals surface area contributed by atoms with Gasteiger partial charge in [-0.2, -0.15) is 10.1 Å². The number of hydrogen-bond donors (Lipinski definition) is 1. The Bertz CT molecular complexity index is 1480. The highest BCUT2D eigenvalue weighted by molar-refractivity contribution is 7.52. The summed E-state index contributed by atoms with van der Waals surface area (Å²) in [5.74, 6) is -0.498. The summed E-state index contributed by atoms with van der Waals surface area (Å²) in [6, 6.07) is 5.73. The third kappa shape index (κ3) is 8.73. The van der Waals surface area contributed by atoms with Gasteiger partial charge in [0.15, 0.2) is 23.7 Å². The topological polar surface area (TPSA) is 171 Å². The monoisotopic (exact) mass is 635 g/mol. The Kier molecular flexibility index (Phi) is 11.3. The van der Waals surface area contributed by atoms with Gasteiger partial charge in [-0.1, -0.05) is 18.2 Å². The van der Waals surface area contributed by atoms with Crippen LogP contribution < -0.4 is 14.3 Å². The number of nitrogens with one attached hydrogen (secondary N) is 1. The van der Waals surface area contributed by atoms with Crippen molar-refractivity contribution in [3.05, 3.63) is 42.5 Å². The highest BCUT2D eigenvalue weighted by Crippen LogP contribution is 2.46. The van der Waals surface area contributed by atoms with Crippen LogP contribution in [0.5, 0.6) is 11.6 Å². The molecule has 1 unspecified atom stereocenters. The molecular weight excluding hydrogens is 597 g/mol. The fraction of sp³-hybridized carbons (Fsp3) is 0.536. The lowest BCUT2D eigenvalue weighted by Gasteiger charge is -2.25. The van der Waals surface area contributed by atoms with Gasteiger partial charge in [0.05, 0.1) is 32.3 Å². The quantitative estimate of drug-likeness (QED) is 0.189. The van der Waals surface area contributed by atoms with Gasteiger partial charge in [-0.05, 0) is 52.7 Å². The van der Waals surface area contributed by atoms with E-state index in [2.05, 4.69) is 20.0 Å². The zero-order valence-electron chi connectivity index (χ0n) is 25.5. The summed E-state index contributed by atoms with van der Waals surface area (Å²) < 4.78 is 54.9.